The normalized spacial score (nSPS) is 8.57. The van der Waals surface area contributed by atoms with Gasteiger partial charge >= 0.3 is 5.97 Å². The van der Waals surface area contributed by atoms with Crippen LogP contribution < -0.4 is 4.74 Å². The van der Waals surface area contributed by atoms with Crippen molar-refractivity contribution >= 4 is 5.97 Å². The zero-order chi connectivity index (χ0) is 9.68. The largest absolute Gasteiger partial charge is 0.489 e. The van der Waals surface area contributed by atoms with Gasteiger partial charge in [0.15, 0.2) is 0 Å². The monoisotopic (exact) mass is 230 g/mol. The van der Waals surface area contributed by atoms with Crippen LogP contribution in [0.4, 0.5) is 0 Å². The van der Waals surface area contributed by atoms with E-state index in [0.29, 0.717) is 12.4 Å². The third-order valence-electron chi connectivity index (χ3n) is 1.47. The summed E-state index contributed by atoms with van der Waals surface area (Å²) >= 11 is 0. The van der Waals surface area contributed by atoms with Gasteiger partial charge in [0.05, 0.1) is 0 Å². The number of carboxylic acid groups (broad SMARTS) is 1. The minimum Gasteiger partial charge on any atom is -0.489 e. The van der Waals surface area contributed by atoms with Gasteiger partial charge in [-0.25, -0.2) is 4.79 Å². The van der Waals surface area contributed by atoms with Gasteiger partial charge in [-0.1, -0.05) is 24.8 Å². The minimum atomic E-state index is -0.986. The maximum absolute atomic E-state index is 10.7. The maximum atomic E-state index is 10.7. The van der Waals surface area contributed by atoms with Crippen molar-refractivity contribution in [3.05, 3.63) is 42.5 Å². The van der Waals surface area contributed by atoms with Crippen molar-refractivity contribution < 1.29 is 32.0 Å². The van der Waals surface area contributed by atoms with E-state index in [9.17, 15) is 4.79 Å². The first-order chi connectivity index (χ1) is 6.25. The van der Waals surface area contributed by atoms with Crippen LogP contribution in [0.1, 0.15) is 10.4 Å². The van der Waals surface area contributed by atoms with E-state index in [-0.39, 0.29) is 22.9 Å². The quantitative estimate of drug-likeness (QED) is 0.804. The summed E-state index contributed by atoms with van der Waals surface area (Å²) in [6.45, 7) is 3.79. The molecule has 0 aliphatic heterocycles. The fourth-order valence-electron chi connectivity index (χ4n) is 0.918. The van der Waals surface area contributed by atoms with Crippen molar-refractivity contribution in [3.8, 4) is 5.75 Å². The van der Waals surface area contributed by atoms with Gasteiger partial charge in [0.25, 0.3) is 0 Å². The van der Waals surface area contributed by atoms with Crippen molar-refractivity contribution in [2.45, 2.75) is 0 Å². The minimum absolute atomic E-state index is 0. The Kier molecular flexibility index (Phi) is 5.70. The van der Waals surface area contributed by atoms with Gasteiger partial charge in [-0.3, -0.25) is 0 Å². The fourth-order valence-corrected chi connectivity index (χ4v) is 0.918. The zero-order valence-electron chi connectivity index (χ0n) is 7.47. The van der Waals surface area contributed by atoms with Crippen molar-refractivity contribution in [1.29, 1.82) is 0 Å². The summed E-state index contributed by atoms with van der Waals surface area (Å²) in [5.74, 6) is -0.616. The molecule has 1 aromatic carbocycles. The number of carbonyl (C=O) groups is 1. The summed E-state index contributed by atoms with van der Waals surface area (Å²) < 4.78 is 5.15. The number of rotatable bonds is 4. The molecule has 0 saturated heterocycles. The first-order valence-corrected chi connectivity index (χ1v) is 3.81. The molecule has 0 unspecified atom stereocenters. The first kappa shape index (κ1) is 12.8. The maximum Gasteiger partial charge on any atom is 0.339 e. The summed E-state index contributed by atoms with van der Waals surface area (Å²) in [4.78, 5) is 10.7. The molecular weight excluding hydrogens is 220 g/mol. The number of ether oxygens (including phenoxy) is 1. The van der Waals surface area contributed by atoms with Crippen molar-refractivity contribution in [2.75, 3.05) is 6.61 Å². The van der Waals surface area contributed by atoms with Gasteiger partial charge in [0, 0.05) is 17.4 Å². The SMILES string of the molecule is C=CCOc1ccccc1C(=O)O.[Cr]. The molecule has 0 aliphatic rings. The van der Waals surface area contributed by atoms with Crippen LogP contribution in [0.3, 0.4) is 0 Å². The standard InChI is InChI=1S/C10H10O3.Cr/c1-2-7-13-9-6-4-3-5-8(9)10(11)12;/h2-6H,1,7H2,(H,11,12);. The molecule has 0 saturated carbocycles. The summed E-state index contributed by atoms with van der Waals surface area (Å²) in [6.07, 6.45) is 1.57. The van der Waals surface area contributed by atoms with Gasteiger partial charge in [-0.15, -0.1) is 0 Å². The van der Waals surface area contributed by atoms with E-state index < -0.39 is 5.97 Å². The van der Waals surface area contributed by atoms with E-state index in [1.54, 1.807) is 24.3 Å². The Labute approximate surface area is 93.1 Å². The second kappa shape index (κ2) is 6.25. The molecule has 0 aromatic heterocycles. The Morgan fingerprint density at radius 2 is 2.14 bits per heavy atom. The molecule has 0 aliphatic carbocycles. The summed E-state index contributed by atoms with van der Waals surface area (Å²) in [5.41, 5.74) is 0.171. The summed E-state index contributed by atoms with van der Waals surface area (Å²) in [6, 6.07) is 6.50. The molecular formula is C10H10CrO3. The number of carboxylic acids is 1. The summed E-state index contributed by atoms with van der Waals surface area (Å²) in [5, 5.41) is 8.76. The van der Waals surface area contributed by atoms with Crippen molar-refractivity contribution in [3.63, 3.8) is 0 Å². The van der Waals surface area contributed by atoms with Gasteiger partial charge in [-0.05, 0) is 12.1 Å². The average molecular weight is 230 g/mol. The number of aromatic carboxylic acids is 1. The third-order valence-corrected chi connectivity index (χ3v) is 1.47. The molecule has 0 amide bonds. The molecule has 0 atom stereocenters. The predicted octanol–water partition coefficient (Wildman–Crippen LogP) is 1.95. The van der Waals surface area contributed by atoms with Gasteiger partial charge in [-0.2, -0.15) is 0 Å². The van der Waals surface area contributed by atoms with Crippen LogP contribution in [0.2, 0.25) is 0 Å². The Balaban J connectivity index is 0.00000169. The topological polar surface area (TPSA) is 46.5 Å². The fraction of sp³-hybridized carbons (Fsp3) is 0.100. The van der Waals surface area contributed by atoms with E-state index in [2.05, 4.69) is 6.58 Å². The molecule has 74 valence electrons. The first-order valence-electron chi connectivity index (χ1n) is 3.81. The molecule has 0 heterocycles. The van der Waals surface area contributed by atoms with Crippen LogP contribution in [0.15, 0.2) is 36.9 Å². The van der Waals surface area contributed by atoms with Crippen LogP contribution in [0, 0.1) is 0 Å². The van der Waals surface area contributed by atoms with Crippen LogP contribution in [-0.2, 0) is 17.4 Å². The van der Waals surface area contributed by atoms with E-state index in [1.165, 1.54) is 6.07 Å². The average Bonchev–Trinajstić information content (AvgIpc) is 2.15. The molecule has 0 fully saturated rings. The van der Waals surface area contributed by atoms with Crippen LogP contribution in [0.5, 0.6) is 5.75 Å². The van der Waals surface area contributed by atoms with Gasteiger partial charge in [0.2, 0.25) is 0 Å². The molecule has 0 spiro atoms. The molecule has 0 bridgehead atoms. The van der Waals surface area contributed by atoms with E-state index >= 15 is 0 Å². The summed E-state index contributed by atoms with van der Waals surface area (Å²) in [7, 11) is 0. The van der Waals surface area contributed by atoms with Gasteiger partial charge in [0.1, 0.15) is 17.9 Å². The molecule has 3 nitrogen and oxygen atoms in total. The number of hydrogen-bond donors (Lipinski definition) is 1. The van der Waals surface area contributed by atoms with E-state index in [0.717, 1.165) is 0 Å². The molecule has 14 heavy (non-hydrogen) atoms. The van der Waals surface area contributed by atoms with Crippen LogP contribution in [-0.4, -0.2) is 17.7 Å². The van der Waals surface area contributed by atoms with E-state index in [4.69, 9.17) is 9.84 Å². The molecule has 1 aromatic rings. The van der Waals surface area contributed by atoms with Crippen LogP contribution in [0.25, 0.3) is 0 Å². The molecule has 1 rings (SSSR count). The Hall–Kier alpha value is -1.24. The number of para-hydroxylation sites is 1. The second-order valence-electron chi connectivity index (χ2n) is 2.40. The van der Waals surface area contributed by atoms with Crippen molar-refractivity contribution in [1.82, 2.24) is 0 Å². The molecule has 0 radical (unpaired) electrons. The number of benzene rings is 1. The number of hydrogen-bond acceptors (Lipinski definition) is 2. The molecule has 4 heteroatoms. The third kappa shape index (κ3) is 3.25. The van der Waals surface area contributed by atoms with Gasteiger partial charge < -0.3 is 9.84 Å². The zero-order valence-corrected chi connectivity index (χ0v) is 8.75. The predicted molar refractivity (Wildman–Crippen MR) is 49.1 cm³/mol. The Morgan fingerprint density at radius 3 is 2.71 bits per heavy atom. The van der Waals surface area contributed by atoms with Crippen LogP contribution >= 0.6 is 0 Å². The smallest absolute Gasteiger partial charge is 0.339 e. The van der Waals surface area contributed by atoms with Crippen molar-refractivity contribution in [2.24, 2.45) is 0 Å². The molecule has 1 N–H and O–H groups in total. The Bertz CT molecular complexity index is 323. The second-order valence-corrected chi connectivity index (χ2v) is 2.40. The van der Waals surface area contributed by atoms with E-state index in [1.807, 2.05) is 0 Å². The Morgan fingerprint density at radius 1 is 1.50 bits per heavy atom.